The van der Waals surface area contributed by atoms with Gasteiger partial charge in [-0.3, -0.25) is 4.21 Å². The molecule has 6 heteroatoms. The molecule has 0 aliphatic heterocycles. The first kappa shape index (κ1) is 13.6. The Hall–Kier alpha value is -0.810. The van der Waals surface area contributed by atoms with Crippen molar-refractivity contribution in [3.05, 3.63) is 51.9 Å². The molecule has 0 spiro atoms. The maximum absolute atomic E-state index is 12.1. The molecule has 2 aromatic rings. The van der Waals surface area contributed by atoms with Crippen LogP contribution in [0.2, 0.25) is 10.0 Å². The first-order valence-corrected chi connectivity index (χ1v) is 7.28. The van der Waals surface area contributed by atoms with E-state index in [0.29, 0.717) is 33.0 Å². The van der Waals surface area contributed by atoms with E-state index in [2.05, 4.69) is 0 Å². The summed E-state index contributed by atoms with van der Waals surface area (Å²) < 4.78 is 17.5. The molecule has 0 aliphatic carbocycles. The SMILES string of the molecule is NCc1ccc(CS(=O)c2ccc(Cl)c(Cl)c2)o1. The van der Waals surface area contributed by atoms with Gasteiger partial charge in [0.2, 0.25) is 0 Å². The van der Waals surface area contributed by atoms with Crippen molar-refractivity contribution in [2.75, 3.05) is 0 Å². The third-order valence-electron chi connectivity index (χ3n) is 2.35. The Bertz CT molecular complexity index is 583. The molecule has 0 aliphatic rings. The number of nitrogens with two attached hydrogens (primary N) is 1. The van der Waals surface area contributed by atoms with Gasteiger partial charge in [-0.2, -0.15) is 0 Å². The molecule has 0 saturated carbocycles. The van der Waals surface area contributed by atoms with Crippen LogP contribution in [-0.4, -0.2) is 4.21 Å². The predicted octanol–water partition coefficient (Wildman–Crippen LogP) is 3.35. The highest BCUT2D eigenvalue weighted by molar-refractivity contribution is 7.84. The molecule has 0 amide bonds. The van der Waals surface area contributed by atoms with Gasteiger partial charge in [0, 0.05) is 4.90 Å². The van der Waals surface area contributed by atoms with E-state index in [1.807, 2.05) is 0 Å². The normalized spacial score (nSPS) is 12.6. The predicted molar refractivity (Wildman–Crippen MR) is 73.2 cm³/mol. The molecular formula is C12H11Cl2NO2S. The second kappa shape index (κ2) is 5.89. The Kier molecular flexibility index (Phi) is 4.45. The maximum Gasteiger partial charge on any atom is 0.117 e. The van der Waals surface area contributed by atoms with Crippen molar-refractivity contribution in [2.24, 2.45) is 5.73 Å². The van der Waals surface area contributed by atoms with Crippen molar-refractivity contribution >= 4 is 34.0 Å². The van der Waals surface area contributed by atoms with Crippen molar-refractivity contribution in [1.29, 1.82) is 0 Å². The van der Waals surface area contributed by atoms with Crippen LogP contribution in [0.25, 0.3) is 0 Å². The fraction of sp³-hybridized carbons (Fsp3) is 0.167. The quantitative estimate of drug-likeness (QED) is 0.942. The molecule has 0 saturated heterocycles. The number of rotatable bonds is 4. The summed E-state index contributed by atoms with van der Waals surface area (Å²) in [7, 11) is -1.22. The highest BCUT2D eigenvalue weighted by atomic mass is 35.5. The summed E-state index contributed by atoms with van der Waals surface area (Å²) in [6.07, 6.45) is 0. The van der Waals surface area contributed by atoms with Gasteiger partial charge in [-0.05, 0) is 30.3 Å². The van der Waals surface area contributed by atoms with Crippen molar-refractivity contribution in [2.45, 2.75) is 17.2 Å². The molecule has 18 heavy (non-hydrogen) atoms. The molecule has 0 fully saturated rings. The molecule has 2 rings (SSSR count). The van der Waals surface area contributed by atoms with E-state index in [-0.39, 0.29) is 5.75 Å². The van der Waals surface area contributed by atoms with Crippen LogP contribution >= 0.6 is 23.2 Å². The first-order chi connectivity index (χ1) is 8.60. The average Bonchev–Trinajstić information content (AvgIpc) is 2.80. The van der Waals surface area contributed by atoms with Crippen LogP contribution in [-0.2, 0) is 23.1 Å². The minimum absolute atomic E-state index is 0.290. The van der Waals surface area contributed by atoms with Crippen LogP contribution in [0.5, 0.6) is 0 Å². The summed E-state index contributed by atoms with van der Waals surface area (Å²) in [5.41, 5.74) is 5.44. The van der Waals surface area contributed by atoms with E-state index < -0.39 is 10.8 Å². The topological polar surface area (TPSA) is 56.2 Å². The molecule has 1 unspecified atom stereocenters. The van der Waals surface area contributed by atoms with Gasteiger partial charge in [0.15, 0.2) is 0 Å². The zero-order valence-electron chi connectivity index (χ0n) is 9.36. The van der Waals surface area contributed by atoms with Crippen molar-refractivity contribution in [1.82, 2.24) is 0 Å². The third-order valence-corrected chi connectivity index (χ3v) is 4.41. The lowest BCUT2D eigenvalue weighted by molar-refractivity contribution is 0.481. The van der Waals surface area contributed by atoms with Crippen LogP contribution in [0.15, 0.2) is 39.6 Å². The monoisotopic (exact) mass is 303 g/mol. The molecule has 96 valence electrons. The lowest BCUT2D eigenvalue weighted by Crippen LogP contribution is -1.96. The summed E-state index contributed by atoms with van der Waals surface area (Å²) in [5.74, 6) is 1.61. The average molecular weight is 304 g/mol. The van der Waals surface area contributed by atoms with Gasteiger partial charge in [-0.25, -0.2) is 0 Å². The summed E-state index contributed by atoms with van der Waals surface area (Å²) in [6, 6.07) is 8.48. The molecule has 3 nitrogen and oxygen atoms in total. The molecule has 0 bridgehead atoms. The van der Waals surface area contributed by atoms with Crippen LogP contribution < -0.4 is 5.73 Å². The highest BCUT2D eigenvalue weighted by Gasteiger charge is 2.10. The van der Waals surface area contributed by atoms with Gasteiger partial charge >= 0.3 is 0 Å². The van der Waals surface area contributed by atoms with Crippen LogP contribution in [0.1, 0.15) is 11.5 Å². The number of halogens is 2. The van der Waals surface area contributed by atoms with Gasteiger partial charge in [-0.15, -0.1) is 0 Å². The fourth-order valence-corrected chi connectivity index (χ4v) is 2.85. The van der Waals surface area contributed by atoms with E-state index in [0.717, 1.165) is 0 Å². The fourth-order valence-electron chi connectivity index (χ4n) is 1.44. The van der Waals surface area contributed by atoms with Gasteiger partial charge in [0.25, 0.3) is 0 Å². The second-order valence-corrected chi connectivity index (χ2v) is 5.90. The Morgan fingerprint density at radius 1 is 1.11 bits per heavy atom. The number of hydrogen-bond acceptors (Lipinski definition) is 3. The molecular weight excluding hydrogens is 293 g/mol. The molecule has 2 N–H and O–H groups in total. The molecule has 0 radical (unpaired) electrons. The lowest BCUT2D eigenvalue weighted by atomic mass is 10.4. The van der Waals surface area contributed by atoms with E-state index in [9.17, 15) is 4.21 Å². The van der Waals surface area contributed by atoms with Crippen LogP contribution in [0.4, 0.5) is 0 Å². The maximum atomic E-state index is 12.1. The lowest BCUT2D eigenvalue weighted by Gasteiger charge is -2.02. The summed E-state index contributed by atoms with van der Waals surface area (Å²) in [6.45, 7) is 0.333. The van der Waals surface area contributed by atoms with Crippen molar-refractivity contribution in [3.63, 3.8) is 0 Å². The molecule has 1 heterocycles. The second-order valence-electron chi connectivity index (χ2n) is 3.64. The van der Waals surface area contributed by atoms with Crippen LogP contribution in [0.3, 0.4) is 0 Å². The Morgan fingerprint density at radius 2 is 1.83 bits per heavy atom. The Balaban J connectivity index is 2.14. The smallest absolute Gasteiger partial charge is 0.117 e. The molecule has 1 aromatic heterocycles. The minimum atomic E-state index is -1.22. The van der Waals surface area contributed by atoms with E-state index in [1.165, 1.54) is 0 Å². The molecule has 1 aromatic carbocycles. The summed E-state index contributed by atoms with van der Waals surface area (Å²) in [4.78, 5) is 0.620. The van der Waals surface area contributed by atoms with Gasteiger partial charge in [0.1, 0.15) is 11.5 Å². The standard InChI is InChI=1S/C12H11Cl2NO2S/c13-11-4-3-10(5-12(11)14)18(16)7-9-2-1-8(6-15)17-9/h1-5H,6-7,15H2. The Morgan fingerprint density at radius 3 is 2.44 bits per heavy atom. The number of benzene rings is 1. The van der Waals surface area contributed by atoms with Crippen LogP contribution in [0, 0.1) is 0 Å². The first-order valence-electron chi connectivity index (χ1n) is 5.21. The third kappa shape index (κ3) is 3.14. The summed E-state index contributed by atoms with van der Waals surface area (Å²) >= 11 is 11.7. The van der Waals surface area contributed by atoms with Crippen molar-refractivity contribution < 1.29 is 8.63 Å². The summed E-state index contributed by atoms with van der Waals surface area (Å²) in [5, 5.41) is 0.838. The highest BCUT2D eigenvalue weighted by Crippen LogP contribution is 2.25. The van der Waals surface area contributed by atoms with Gasteiger partial charge in [0.05, 0.1) is 33.1 Å². The largest absolute Gasteiger partial charge is 0.464 e. The van der Waals surface area contributed by atoms with Crippen molar-refractivity contribution in [3.8, 4) is 0 Å². The van der Waals surface area contributed by atoms with Gasteiger partial charge in [-0.1, -0.05) is 23.2 Å². The Labute approximate surface area is 117 Å². The van der Waals surface area contributed by atoms with Gasteiger partial charge < -0.3 is 10.2 Å². The number of furan rings is 1. The molecule has 1 atom stereocenters. The zero-order chi connectivity index (χ0) is 13.1. The minimum Gasteiger partial charge on any atom is -0.464 e. The van der Waals surface area contributed by atoms with E-state index in [1.54, 1.807) is 30.3 Å². The van der Waals surface area contributed by atoms with E-state index >= 15 is 0 Å². The number of hydrogen-bond donors (Lipinski definition) is 1. The zero-order valence-corrected chi connectivity index (χ0v) is 11.7. The van der Waals surface area contributed by atoms with E-state index in [4.69, 9.17) is 33.4 Å².